The van der Waals surface area contributed by atoms with E-state index in [1.54, 1.807) is 48.4 Å². The first-order chi connectivity index (χ1) is 14.5. The summed E-state index contributed by atoms with van der Waals surface area (Å²) >= 11 is 6.21. The molecule has 3 heterocycles. The van der Waals surface area contributed by atoms with Gasteiger partial charge < -0.3 is 19.9 Å². The number of carbonyl (C=O) groups excluding carboxylic acids is 2. The summed E-state index contributed by atoms with van der Waals surface area (Å²) in [6.45, 7) is 2.37. The molecule has 2 aliphatic rings. The number of nitrogens with zero attached hydrogens (tertiary/aromatic N) is 3. The number of likely N-dealkylation sites (tertiary alicyclic amines) is 1. The number of anilines is 2. The maximum Gasteiger partial charge on any atom is 0.254 e. The fourth-order valence-electron chi connectivity index (χ4n) is 4.06. The van der Waals surface area contributed by atoms with E-state index >= 15 is 0 Å². The molecule has 0 saturated carbocycles. The lowest BCUT2D eigenvalue weighted by molar-refractivity contribution is -0.119. The lowest BCUT2D eigenvalue weighted by atomic mass is 10.1. The van der Waals surface area contributed by atoms with Gasteiger partial charge in [0.1, 0.15) is 22.8 Å². The van der Waals surface area contributed by atoms with E-state index < -0.39 is 6.04 Å². The molecule has 4 rings (SSSR count). The van der Waals surface area contributed by atoms with Crippen LogP contribution in [0.3, 0.4) is 0 Å². The number of hydrogen-bond donors (Lipinski definition) is 1. The van der Waals surface area contributed by atoms with Gasteiger partial charge in [-0.15, -0.1) is 0 Å². The number of hydrogen-bond acceptors (Lipinski definition) is 5. The van der Waals surface area contributed by atoms with Crippen LogP contribution < -0.4 is 15.0 Å². The molecule has 2 amide bonds. The van der Waals surface area contributed by atoms with E-state index in [0.29, 0.717) is 35.1 Å². The summed E-state index contributed by atoms with van der Waals surface area (Å²) in [5, 5.41) is 3.20. The highest BCUT2D eigenvalue weighted by molar-refractivity contribution is 6.30. The third kappa shape index (κ3) is 4.36. The molecule has 1 aromatic heterocycles. The molecule has 2 aromatic rings. The smallest absolute Gasteiger partial charge is 0.254 e. The minimum atomic E-state index is -0.512. The van der Waals surface area contributed by atoms with Gasteiger partial charge in [0.25, 0.3) is 5.91 Å². The molecular weight excluding hydrogens is 404 g/mol. The average Bonchev–Trinajstić information content (AvgIpc) is 3.45. The van der Waals surface area contributed by atoms with Gasteiger partial charge in [0.15, 0.2) is 0 Å². The SMILES string of the molecule is COc1ccc(NC(=O)C2CCCN2C(=O)c2cc(Cl)nc(N3CCCC3)c2)cc1. The number of pyridine rings is 1. The maximum atomic E-state index is 13.2. The average molecular weight is 429 g/mol. The van der Waals surface area contributed by atoms with Crippen molar-refractivity contribution in [1.82, 2.24) is 9.88 Å². The topological polar surface area (TPSA) is 74.8 Å². The zero-order valence-corrected chi connectivity index (χ0v) is 17.7. The third-order valence-electron chi connectivity index (χ3n) is 5.63. The molecule has 158 valence electrons. The van der Waals surface area contributed by atoms with Gasteiger partial charge in [0.05, 0.1) is 7.11 Å². The van der Waals surface area contributed by atoms with Crippen LogP contribution in [0.4, 0.5) is 11.5 Å². The van der Waals surface area contributed by atoms with Crippen molar-refractivity contribution >= 4 is 34.9 Å². The number of halogens is 1. The van der Waals surface area contributed by atoms with E-state index in [1.165, 1.54) is 0 Å². The second kappa shape index (κ2) is 8.92. The van der Waals surface area contributed by atoms with Crippen LogP contribution in [0.2, 0.25) is 5.15 Å². The molecule has 30 heavy (non-hydrogen) atoms. The predicted octanol–water partition coefficient (Wildman–Crippen LogP) is 3.59. The molecular formula is C22H25ClN4O3. The fraction of sp³-hybridized carbons (Fsp3) is 0.409. The Morgan fingerprint density at radius 1 is 1.10 bits per heavy atom. The van der Waals surface area contributed by atoms with Crippen LogP contribution in [0, 0.1) is 0 Å². The molecule has 0 bridgehead atoms. The first-order valence-electron chi connectivity index (χ1n) is 10.2. The van der Waals surface area contributed by atoms with Crippen LogP contribution in [-0.4, -0.2) is 54.5 Å². The van der Waals surface area contributed by atoms with E-state index in [1.807, 2.05) is 0 Å². The monoisotopic (exact) mass is 428 g/mol. The Morgan fingerprint density at radius 3 is 2.53 bits per heavy atom. The predicted molar refractivity (Wildman–Crippen MR) is 116 cm³/mol. The number of ether oxygens (including phenoxy) is 1. The first-order valence-corrected chi connectivity index (χ1v) is 10.6. The first kappa shape index (κ1) is 20.5. The third-order valence-corrected chi connectivity index (χ3v) is 5.83. The quantitative estimate of drug-likeness (QED) is 0.736. The zero-order valence-electron chi connectivity index (χ0n) is 16.9. The number of methoxy groups -OCH3 is 1. The summed E-state index contributed by atoms with van der Waals surface area (Å²) in [5.74, 6) is 1.06. The van der Waals surface area contributed by atoms with Gasteiger partial charge in [-0.3, -0.25) is 9.59 Å². The molecule has 1 N–H and O–H groups in total. The van der Waals surface area contributed by atoms with Crippen molar-refractivity contribution in [3.05, 3.63) is 47.1 Å². The highest BCUT2D eigenvalue weighted by atomic mass is 35.5. The summed E-state index contributed by atoms with van der Waals surface area (Å²) in [6.07, 6.45) is 3.63. The highest BCUT2D eigenvalue weighted by Crippen LogP contribution is 2.26. The maximum absolute atomic E-state index is 13.2. The summed E-state index contributed by atoms with van der Waals surface area (Å²) in [6, 6.07) is 9.99. The Hall–Kier alpha value is -2.80. The summed E-state index contributed by atoms with van der Waals surface area (Å²) in [4.78, 5) is 34.3. The minimum absolute atomic E-state index is 0.188. The number of carbonyl (C=O) groups is 2. The van der Waals surface area contributed by atoms with E-state index in [9.17, 15) is 9.59 Å². The van der Waals surface area contributed by atoms with Gasteiger partial charge in [-0.25, -0.2) is 4.98 Å². The Bertz CT molecular complexity index is 928. The lowest BCUT2D eigenvalue weighted by Crippen LogP contribution is -2.43. The van der Waals surface area contributed by atoms with Gasteiger partial charge in [-0.1, -0.05) is 11.6 Å². The van der Waals surface area contributed by atoms with Gasteiger partial charge >= 0.3 is 0 Å². The number of benzene rings is 1. The molecule has 1 atom stereocenters. The van der Waals surface area contributed by atoms with E-state index in [-0.39, 0.29) is 11.8 Å². The molecule has 7 nitrogen and oxygen atoms in total. The van der Waals surface area contributed by atoms with Gasteiger partial charge in [0, 0.05) is 30.9 Å². The molecule has 2 fully saturated rings. The second-order valence-electron chi connectivity index (χ2n) is 7.61. The number of amides is 2. The van der Waals surface area contributed by atoms with Crippen molar-refractivity contribution in [3.8, 4) is 5.75 Å². The molecule has 8 heteroatoms. The van der Waals surface area contributed by atoms with Crippen molar-refractivity contribution in [2.75, 3.05) is 37.0 Å². The van der Waals surface area contributed by atoms with Crippen LogP contribution >= 0.6 is 11.6 Å². The van der Waals surface area contributed by atoms with Crippen molar-refractivity contribution in [2.45, 2.75) is 31.7 Å². The number of nitrogens with one attached hydrogen (secondary N) is 1. The Balaban J connectivity index is 1.49. The number of rotatable bonds is 5. The lowest BCUT2D eigenvalue weighted by Gasteiger charge is -2.25. The van der Waals surface area contributed by atoms with E-state index in [4.69, 9.17) is 16.3 Å². The number of aromatic nitrogens is 1. The zero-order chi connectivity index (χ0) is 21.1. The second-order valence-corrected chi connectivity index (χ2v) is 7.99. The van der Waals surface area contributed by atoms with E-state index in [0.717, 1.165) is 38.2 Å². The van der Waals surface area contributed by atoms with Gasteiger partial charge in [0.2, 0.25) is 5.91 Å². The fourth-order valence-corrected chi connectivity index (χ4v) is 4.27. The molecule has 1 aromatic carbocycles. The van der Waals surface area contributed by atoms with Crippen molar-refractivity contribution in [1.29, 1.82) is 0 Å². The largest absolute Gasteiger partial charge is 0.497 e. The molecule has 1 unspecified atom stereocenters. The van der Waals surface area contributed by atoms with Crippen LogP contribution in [0.15, 0.2) is 36.4 Å². The minimum Gasteiger partial charge on any atom is -0.497 e. The summed E-state index contributed by atoms with van der Waals surface area (Å²) in [5.41, 5.74) is 1.14. The van der Waals surface area contributed by atoms with Crippen molar-refractivity contribution in [2.24, 2.45) is 0 Å². The Labute approximate surface area is 181 Å². The normalized spacial score (nSPS) is 18.5. The molecule has 0 spiro atoms. The summed E-state index contributed by atoms with van der Waals surface area (Å²) in [7, 11) is 1.59. The molecule has 2 aliphatic heterocycles. The van der Waals surface area contributed by atoms with Crippen molar-refractivity contribution < 1.29 is 14.3 Å². The van der Waals surface area contributed by atoms with Crippen LogP contribution in [0.5, 0.6) is 5.75 Å². The standard InChI is InChI=1S/C22H25ClN4O3/c1-30-17-8-6-16(7-9-17)24-21(28)18-5-4-12-27(18)22(29)15-13-19(23)25-20(14-15)26-10-2-3-11-26/h6-9,13-14,18H,2-5,10-12H2,1H3,(H,24,28). The van der Waals surface area contributed by atoms with E-state index in [2.05, 4.69) is 15.2 Å². The van der Waals surface area contributed by atoms with Gasteiger partial charge in [-0.05, 0) is 62.1 Å². The summed E-state index contributed by atoms with van der Waals surface area (Å²) < 4.78 is 5.14. The molecule has 0 aliphatic carbocycles. The Kier molecular flexibility index (Phi) is 6.08. The molecule has 0 radical (unpaired) electrons. The molecule has 2 saturated heterocycles. The van der Waals surface area contributed by atoms with Crippen LogP contribution in [0.1, 0.15) is 36.0 Å². The highest BCUT2D eigenvalue weighted by Gasteiger charge is 2.35. The Morgan fingerprint density at radius 2 is 1.83 bits per heavy atom. The van der Waals surface area contributed by atoms with Gasteiger partial charge in [-0.2, -0.15) is 0 Å². The van der Waals surface area contributed by atoms with Crippen molar-refractivity contribution in [3.63, 3.8) is 0 Å². The van der Waals surface area contributed by atoms with Crippen LogP contribution in [0.25, 0.3) is 0 Å². The van der Waals surface area contributed by atoms with Crippen LogP contribution in [-0.2, 0) is 4.79 Å².